The van der Waals surface area contributed by atoms with Gasteiger partial charge in [-0.1, -0.05) is 29.1 Å². The smallest absolute Gasteiger partial charge is 0.211 e. The van der Waals surface area contributed by atoms with Gasteiger partial charge in [0.15, 0.2) is 5.75 Å². The molecule has 1 aromatic rings. The van der Waals surface area contributed by atoms with Crippen molar-refractivity contribution in [3.8, 4) is 18.1 Å². The molecule has 1 rings (SSSR count). The van der Waals surface area contributed by atoms with E-state index < -0.39 is 0 Å². The van der Waals surface area contributed by atoms with Gasteiger partial charge in [-0.25, -0.2) is 0 Å². The first-order chi connectivity index (χ1) is 8.54. The third-order valence-electron chi connectivity index (χ3n) is 1.70. The van der Waals surface area contributed by atoms with Crippen molar-refractivity contribution >= 4 is 35.4 Å². The molecule has 0 fully saturated rings. The highest BCUT2D eigenvalue weighted by Crippen LogP contribution is 2.33. The highest BCUT2D eigenvalue weighted by molar-refractivity contribution is 6.37. The molecule has 0 atom stereocenters. The Labute approximate surface area is 114 Å². The molecule has 0 aromatic heterocycles. The number of hydrogen-bond acceptors (Lipinski definition) is 3. The number of hydrogen-bond donors (Lipinski definition) is 2. The van der Waals surface area contributed by atoms with Gasteiger partial charge >= 0.3 is 0 Å². The summed E-state index contributed by atoms with van der Waals surface area (Å²) in [6.07, 6.45) is 6.48. The van der Waals surface area contributed by atoms with E-state index in [1.54, 1.807) is 12.1 Å². The van der Waals surface area contributed by atoms with Gasteiger partial charge in [-0.15, -0.1) is 11.5 Å². The van der Waals surface area contributed by atoms with Crippen molar-refractivity contribution in [1.29, 1.82) is 0 Å². The lowest BCUT2D eigenvalue weighted by Crippen LogP contribution is -2.21. The van der Waals surface area contributed by atoms with E-state index in [1.165, 1.54) is 6.21 Å². The average molecular weight is 285 g/mol. The van der Waals surface area contributed by atoms with Crippen molar-refractivity contribution in [2.75, 3.05) is 6.61 Å². The average Bonchev–Trinajstić information content (AvgIpc) is 2.27. The van der Waals surface area contributed by atoms with E-state index in [0.29, 0.717) is 21.4 Å². The SMILES string of the molecule is C#CCOc1c(Cl)cc(C=NN=C(N)N)cc1Cl. The third-order valence-corrected chi connectivity index (χ3v) is 2.26. The van der Waals surface area contributed by atoms with Crippen molar-refractivity contribution < 1.29 is 4.74 Å². The summed E-state index contributed by atoms with van der Waals surface area (Å²) in [6.45, 7) is 0.0842. The Bertz CT molecular complexity index is 507. The second-order valence-electron chi connectivity index (χ2n) is 3.08. The molecule has 0 saturated carbocycles. The molecular weight excluding hydrogens is 275 g/mol. The number of ether oxygens (including phenoxy) is 1. The molecule has 0 radical (unpaired) electrons. The van der Waals surface area contributed by atoms with Crippen LogP contribution in [0.15, 0.2) is 22.3 Å². The van der Waals surface area contributed by atoms with Crippen molar-refractivity contribution in [3.05, 3.63) is 27.7 Å². The van der Waals surface area contributed by atoms with E-state index in [1.807, 2.05) is 0 Å². The Kier molecular flexibility index (Phi) is 5.31. The molecule has 0 unspecified atom stereocenters. The van der Waals surface area contributed by atoms with E-state index in [4.69, 9.17) is 45.8 Å². The van der Waals surface area contributed by atoms with Crippen LogP contribution in [0.3, 0.4) is 0 Å². The van der Waals surface area contributed by atoms with E-state index in [9.17, 15) is 0 Å². The molecule has 0 heterocycles. The third kappa shape index (κ3) is 4.17. The zero-order valence-electron chi connectivity index (χ0n) is 9.23. The highest BCUT2D eigenvalue weighted by Gasteiger charge is 2.08. The zero-order chi connectivity index (χ0) is 13.5. The summed E-state index contributed by atoms with van der Waals surface area (Å²) in [6, 6.07) is 3.20. The van der Waals surface area contributed by atoms with Crippen LogP contribution in [0.1, 0.15) is 5.56 Å². The van der Waals surface area contributed by atoms with Gasteiger partial charge in [-0.3, -0.25) is 0 Å². The number of terminal acetylenes is 1. The van der Waals surface area contributed by atoms with E-state index in [-0.39, 0.29) is 12.6 Å². The molecule has 94 valence electrons. The van der Waals surface area contributed by atoms with Crippen molar-refractivity contribution in [2.24, 2.45) is 21.7 Å². The van der Waals surface area contributed by atoms with Crippen LogP contribution in [-0.4, -0.2) is 18.8 Å². The molecule has 0 aliphatic heterocycles. The zero-order valence-corrected chi connectivity index (χ0v) is 10.7. The van der Waals surface area contributed by atoms with Crippen LogP contribution in [-0.2, 0) is 0 Å². The number of nitrogens with two attached hydrogens (primary N) is 2. The Morgan fingerprint density at radius 3 is 2.50 bits per heavy atom. The topological polar surface area (TPSA) is 86.0 Å². The van der Waals surface area contributed by atoms with E-state index in [2.05, 4.69) is 16.1 Å². The summed E-state index contributed by atoms with van der Waals surface area (Å²) in [5.74, 6) is 2.51. The van der Waals surface area contributed by atoms with Crippen LogP contribution in [0, 0.1) is 12.3 Å². The minimum atomic E-state index is -0.141. The number of nitrogens with zero attached hydrogens (tertiary/aromatic N) is 2. The summed E-state index contributed by atoms with van der Waals surface area (Å²) < 4.78 is 5.20. The van der Waals surface area contributed by atoms with Gasteiger partial charge in [0.05, 0.1) is 16.3 Å². The Balaban J connectivity index is 2.96. The monoisotopic (exact) mass is 284 g/mol. The quantitative estimate of drug-likeness (QED) is 0.381. The van der Waals surface area contributed by atoms with Crippen LogP contribution in [0.25, 0.3) is 0 Å². The lowest BCUT2D eigenvalue weighted by molar-refractivity contribution is 0.371. The van der Waals surface area contributed by atoms with Gasteiger partial charge in [0.1, 0.15) is 6.61 Å². The lowest BCUT2D eigenvalue weighted by Gasteiger charge is -2.07. The Morgan fingerprint density at radius 1 is 1.39 bits per heavy atom. The van der Waals surface area contributed by atoms with Gasteiger partial charge in [-0.05, 0) is 17.7 Å². The molecule has 4 N–H and O–H groups in total. The molecule has 0 aliphatic carbocycles. The summed E-state index contributed by atoms with van der Waals surface area (Å²) in [4.78, 5) is 0. The molecule has 0 aliphatic rings. The first-order valence-corrected chi connectivity index (χ1v) is 5.47. The Morgan fingerprint density at radius 2 is 2.00 bits per heavy atom. The van der Waals surface area contributed by atoms with Crippen LogP contribution in [0.2, 0.25) is 10.0 Å². The van der Waals surface area contributed by atoms with Gasteiger partial charge in [0.2, 0.25) is 5.96 Å². The summed E-state index contributed by atoms with van der Waals surface area (Å²) in [5, 5.41) is 7.73. The first-order valence-electron chi connectivity index (χ1n) is 4.72. The minimum Gasteiger partial charge on any atom is -0.478 e. The number of guanidine groups is 1. The minimum absolute atomic E-state index is 0.0842. The molecule has 0 amide bonds. The number of benzene rings is 1. The van der Waals surface area contributed by atoms with Crippen molar-refractivity contribution in [2.45, 2.75) is 0 Å². The molecule has 5 nitrogen and oxygen atoms in total. The standard InChI is InChI=1S/C11H10Cl2N4O/c1-2-3-18-10-8(12)4-7(5-9(10)13)6-16-17-11(14)15/h1,4-6H,3H2,(H4,14,15,17). The van der Waals surface area contributed by atoms with Gasteiger partial charge < -0.3 is 16.2 Å². The van der Waals surface area contributed by atoms with Crippen molar-refractivity contribution in [1.82, 2.24) is 0 Å². The second-order valence-corrected chi connectivity index (χ2v) is 3.89. The van der Waals surface area contributed by atoms with Crippen LogP contribution >= 0.6 is 23.2 Å². The van der Waals surface area contributed by atoms with Crippen molar-refractivity contribution in [3.63, 3.8) is 0 Å². The molecule has 0 spiro atoms. The summed E-state index contributed by atoms with van der Waals surface area (Å²) in [5.41, 5.74) is 10.9. The summed E-state index contributed by atoms with van der Waals surface area (Å²) in [7, 11) is 0. The number of rotatable bonds is 4. The normalized spacial score (nSPS) is 10.1. The maximum Gasteiger partial charge on any atom is 0.211 e. The van der Waals surface area contributed by atoms with Gasteiger partial charge in [0.25, 0.3) is 0 Å². The Hall–Kier alpha value is -1.90. The molecule has 0 saturated heterocycles. The lowest BCUT2D eigenvalue weighted by atomic mass is 10.2. The van der Waals surface area contributed by atoms with E-state index >= 15 is 0 Å². The maximum atomic E-state index is 5.99. The largest absolute Gasteiger partial charge is 0.478 e. The highest BCUT2D eigenvalue weighted by atomic mass is 35.5. The fourth-order valence-corrected chi connectivity index (χ4v) is 1.68. The maximum absolute atomic E-state index is 5.99. The fourth-order valence-electron chi connectivity index (χ4n) is 1.07. The molecule has 1 aromatic carbocycles. The number of halogens is 2. The fraction of sp³-hybridized carbons (Fsp3) is 0.0909. The molecule has 18 heavy (non-hydrogen) atoms. The van der Waals surface area contributed by atoms with Crippen LogP contribution in [0.4, 0.5) is 0 Å². The predicted octanol–water partition coefficient (Wildman–Crippen LogP) is 1.61. The van der Waals surface area contributed by atoms with Gasteiger partial charge in [-0.2, -0.15) is 5.10 Å². The predicted molar refractivity (Wildman–Crippen MR) is 74.2 cm³/mol. The molecular formula is C11H10Cl2N4O. The van der Waals surface area contributed by atoms with Crippen LogP contribution < -0.4 is 16.2 Å². The van der Waals surface area contributed by atoms with Crippen LogP contribution in [0.5, 0.6) is 5.75 Å². The van der Waals surface area contributed by atoms with E-state index in [0.717, 1.165) is 0 Å². The summed E-state index contributed by atoms with van der Waals surface area (Å²) >= 11 is 12.0. The molecule has 0 bridgehead atoms. The van der Waals surface area contributed by atoms with Gasteiger partial charge in [0, 0.05) is 0 Å². The second kappa shape index (κ2) is 6.74. The first kappa shape index (κ1) is 14.2. The molecule has 7 heteroatoms.